The molecule has 3 aromatic carbocycles. The number of amides is 3. The lowest BCUT2D eigenvalue weighted by atomic mass is 9.77. The highest BCUT2D eigenvalue weighted by molar-refractivity contribution is 6.10. The van der Waals surface area contributed by atoms with E-state index in [4.69, 9.17) is 4.74 Å². The zero-order valence-electron chi connectivity index (χ0n) is 23.7. The first-order chi connectivity index (χ1) is 20.3. The summed E-state index contributed by atoms with van der Waals surface area (Å²) < 4.78 is 5.28. The van der Waals surface area contributed by atoms with Gasteiger partial charge in [-0.15, -0.1) is 0 Å². The molecule has 216 valence electrons. The predicted octanol–water partition coefficient (Wildman–Crippen LogP) is 2.69. The van der Waals surface area contributed by atoms with Crippen molar-refractivity contribution in [3.8, 4) is 16.9 Å². The predicted molar refractivity (Wildman–Crippen MR) is 156 cm³/mol. The molecule has 0 aromatic heterocycles. The van der Waals surface area contributed by atoms with Crippen molar-refractivity contribution in [3.63, 3.8) is 0 Å². The van der Waals surface area contributed by atoms with Gasteiger partial charge in [0.05, 0.1) is 7.11 Å². The summed E-state index contributed by atoms with van der Waals surface area (Å²) in [6.07, 6.45) is -0.0289. The first kappa shape index (κ1) is 27.5. The largest absolute Gasteiger partial charge is 0.497 e. The van der Waals surface area contributed by atoms with Crippen LogP contribution in [-0.2, 0) is 21.5 Å². The van der Waals surface area contributed by atoms with Crippen molar-refractivity contribution in [2.75, 3.05) is 46.9 Å². The number of hydrogen-bond donors (Lipinski definition) is 2. The number of nitrogens with one attached hydrogen (secondary N) is 1. The van der Waals surface area contributed by atoms with E-state index in [0.29, 0.717) is 29.3 Å². The monoisotopic (exact) mass is 567 g/mol. The number of methoxy groups -OCH3 is 1. The maximum absolute atomic E-state index is 13.3. The Morgan fingerprint density at radius 3 is 2.21 bits per heavy atom. The van der Waals surface area contributed by atoms with Crippen LogP contribution in [0.1, 0.15) is 33.5 Å². The highest BCUT2D eigenvalue weighted by Crippen LogP contribution is 2.37. The van der Waals surface area contributed by atoms with Crippen molar-refractivity contribution >= 4 is 23.6 Å². The second-order valence-electron chi connectivity index (χ2n) is 11.2. The van der Waals surface area contributed by atoms with Gasteiger partial charge in [0.15, 0.2) is 5.84 Å². The van der Waals surface area contributed by atoms with E-state index >= 15 is 0 Å². The molecule has 1 atom stereocenters. The van der Waals surface area contributed by atoms with Crippen molar-refractivity contribution in [2.45, 2.75) is 18.4 Å². The first-order valence-electron chi connectivity index (χ1n) is 14.0. The number of hydrogen-bond acceptors (Lipinski definition) is 7. The number of benzene rings is 3. The molecule has 0 unspecified atom stereocenters. The summed E-state index contributed by atoms with van der Waals surface area (Å²) in [6.45, 7) is 3.84. The average molecular weight is 568 g/mol. The summed E-state index contributed by atoms with van der Waals surface area (Å²) in [5, 5.41) is 15.8. The number of nitrogens with zero attached hydrogens (tertiary/aromatic N) is 4. The SMILES string of the molecule is COc1ccc2c(c1)C(=O)N(C[C@@]1(c3ccc(-c4ccc(/C(=N\O)N5CCN(C)CC5)cc4)cc3)CC(=O)NC1=O)C2. The third-order valence-electron chi connectivity index (χ3n) is 8.62. The molecule has 3 aromatic rings. The van der Waals surface area contributed by atoms with Crippen molar-refractivity contribution < 1.29 is 24.3 Å². The average Bonchev–Trinajstić information content (AvgIpc) is 3.48. The number of ether oxygens (including phenoxy) is 1. The molecule has 6 rings (SSSR count). The Hall–Kier alpha value is -4.70. The van der Waals surface area contributed by atoms with Crippen molar-refractivity contribution in [1.29, 1.82) is 0 Å². The van der Waals surface area contributed by atoms with E-state index in [9.17, 15) is 19.6 Å². The van der Waals surface area contributed by atoms with Crippen LogP contribution in [0.2, 0.25) is 0 Å². The molecule has 0 aliphatic carbocycles. The molecule has 10 heteroatoms. The molecule has 3 amide bonds. The van der Waals surface area contributed by atoms with Gasteiger partial charge in [-0.05, 0) is 41.4 Å². The second kappa shape index (κ2) is 10.9. The molecule has 0 saturated carbocycles. The standard InChI is InChI=1S/C32H33N5O5/c1-35-13-15-36(16-14-35)29(34-41)23-5-3-21(4-6-23)22-7-10-25(11-8-22)32(18-28(38)33-31(32)40)20-37-19-24-9-12-26(42-2)17-27(24)30(37)39/h3-12,17,41H,13-16,18-20H2,1-2H3,(H,33,38,40)/b34-29+/t32-/m1/s1. The molecule has 42 heavy (non-hydrogen) atoms. The Morgan fingerprint density at radius 1 is 0.952 bits per heavy atom. The van der Waals surface area contributed by atoms with E-state index in [1.165, 1.54) is 0 Å². The number of piperazine rings is 1. The summed E-state index contributed by atoms with van der Waals surface area (Å²) in [5.41, 5.74) is 3.63. The van der Waals surface area contributed by atoms with E-state index in [-0.39, 0.29) is 24.8 Å². The number of oxime groups is 1. The Labute approximate surface area is 244 Å². The number of rotatable bonds is 6. The Morgan fingerprint density at radius 2 is 1.62 bits per heavy atom. The summed E-state index contributed by atoms with van der Waals surface area (Å²) in [6, 6.07) is 20.8. The number of fused-ring (bicyclic) bond motifs is 1. The summed E-state index contributed by atoms with van der Waals surface area (Å²) >= 11 is 0. The van der Waals surface area contributed by atoms with Crippen LogP contribution in [0.5, 0.6) is 5.75 Å². The number of imide groups is 1. The Bertz CT molecular complexity index is 1560. The summed E-state index contributed by atoms with van der Waals surface area (Å²) in [4.78, 5) is 45.0. The van der Waals surface area contributed by atoms with Gasteiger partial charge in [-0.3, -0.25) is 19.7 Å². The van der Waals surface area contributed by atoms with Gasteiger partial charge >= 0.3 is 0 Å². The first-order valence-corrected chi connectivity index (χ1v) is 14.0. The second-order valence-corrected chi connectivity index (χ2v) is 11.2. The minimum absolute atomic E-state index is 0.0289. The molecule has 2 saturated heterocycles. The summed E-state index contributed by atoms with van der Waals surface area (Å²) in [7, 11) is 3.63. The molecule has 0 bridgehead atoms. The van der Waals surface area contributed by atoms with Crippen LogP contribution in [0.25, 0.3) is 11.1 Å². The van der Waals surface area contributed by atoms with Gasteiger partial charge in [-0.1, -0.05) is 59.8 Å². The minimum Gasteiger partial charge on any atom is -0.497 e. The van der Waals surface area contributed by atoms with Gasteiger partial charge in [0, 0.05) is 56.8 Å². The molecular formula is C32H33N5O5. The van der Waals surface area contributed by atoms with Crippen LogP contribution in [0.3, 0.4) is 0 Å². The van der Waals surface area contributed by atoms with Crippen LogP contribution in [0.15, 0.2) is 71.9 Å². The fraction of sp³-hybridized carbons (Fsp3) is 0.312. The van der Waals surface area contributed by atoms with Gasteiger partial charge in [-0.25, -0.2) is 0 Å². The quantitative estimate of drug-likeness (QED) is 0.155. The van der Waals surface area contributed by atoms with Crippen molar-refractivity contribution in [3.05, 3.63) is 89.0 Å². The van der Waals surface area contributed by atoms with Crippen molar-refractivity contribution in [1.82, 2.24) is 20.0 Å². The van der Waals surface area contributed by atoms with Crippen molar-refractivity contribution in [2.24, 2.45) is 5.16 Å². The van der Waals surface area contributed by atoms with Crippen LogP contribution < -0.4 is 10.1 Å². The topological polar surface area (TPSA) is 115 Å². The fourth-order valence-electron chi connectivity index (χ4n) is 6.13. The van der Waals surface area contributed by atoms with Gasteiger partial charge in [0.25, 0.3) is 5.91 Å². The Balaban J connectivity index is 1.23. The number of likely N-dealkylation sites (N-methyl/N-ethyl adjacent to an activating group) is 1. The molecule has 3 heterocycles. The third-order valence-corrected chi connectivity index (χ3v) is 8.62. The van der Waals surface area contributed by atoms with Gasteiger partial charge in [0.1, 0.15) is 11.2 Å². The third kappa shape index (κ3) is 4.87. The lowest BCUT2D eigenvalue weighted by Gasteiger charge is -2.34. The maximum atomic E-state index is 13.3. The molecule has 0 radical (unpaired) electrons. The summed E-state index contributed by atoms with van der Waals surface area (Å²) in [5.74, 6) is 0.212. The smallest absolute Gasteiger partial charge is 0.254 e. The van der Waals surface area contributed by atoms with E-state index in [0.717, 1.165) is 48.4 Å². The molecule has 3 aliphatic heterocycles. The number of carbonyl (C=O) groups excluding carboxylic acids is 3. The van der Waals surface area contributed by atoms with E-state index < -0.39 is 11.3 Å². The molecule has 2 N–H and O–H groups in total. The van der Waals surface area contributed by atoms with E-state index in [1.807, 2.05) is 60.7 Å². The zero-order valence-corrected chi connectivity index (χ0v) is 23.7. The fourth-order valence-corrected chi connectivity index (χ4v) is 6.13. The maximum Gasteiger partial charge on any atom is 0.254 e. The van der Waals surface area contributed by atoms with Gasteiger partial charge < -0.3 is 24.6 Å². The molecule has 3 aliphatic rings. The zero-order chi connectivity index (χ0) is 29.4. The van der Waals surface area contributed by atoms with E-state index in [1.54, 1.807) is 18.1 Å². The lowest BCUT2D eigenvalue weighted by molar-refractivity contribution is -0.126. The van der Waals surface area contributed by atoms with Gasteiger partial charge in [0.2, 0.25) is 11.8 Å². The lowest BCUT2D eigenvalue weighted by Crippen LogP contribution is -2.47. The van der Waals surface area contributed by atoms with Crippen LogP contribution in [0, 0.1) is 0 Å². The molecular weight excluding hydrogens is 534 g/mol. The van der Waals surface area contributed by atoms with Gasteiger partial charge in [-0.2, -0.15) is 0 Å². The van der Waals surface area contributed by atoms with Crippen LogP contribution in [0.4, 0.5) is 0 Å². The minimum atomic E-state index is -1.18. The number of amidine groups is 1. The highest BCUT2D eigenvalue weighted by atomic mass is 16.5. The molecule has 2 fully saturated rings. The highest BCUT2D eigenvalue weighted by Gasteiger charge is 2.50. The van der Waals surface area contributed by atoms with Crippen LogP contribution >= 0.6 is 0 Å². The Kier molecular flexibility index (Phi) is 7.16. The normalized spacial score (nSPS) is 21.1. The molecule has 10 nitrogen and oxygen atoms in total. The number of carbonyl (C=O) groups is 3. The van der Waals surface area contributed by atoms with E-state index in [2.05, 4.69) is 27.3 Å². The van der Waals surface area contributed by atoms with Crippen LogP contribution in [-0.4, -0.2) is 90.3 Å². The molecule has 0 spiro atoms.